The highest BCUT2D eigenvalue weighted by atomic mass is 16.5. The van der Waals surface area contributed by atoms with Crippen LogP contribution in [0.25, 0.3) is 0 Å². The number of carbonyl (C=O) groups is 3. The maximum Gasteiger partial charge on any atom is 0.338 e. The highest BCUT2D eigenvalue weighted by Crippen LogP contribution is 2.39. The second-order valence-corrected chi connectivity index (χ2v) is 7.00. The first-order valence-corrected chi connectivity index (χ1v) is 10.7. The summed E-state index contributed by atoms with van der Waals surface area (Å²) in [5.41, 5.74) is 2.60. The summed E-state index contributed by atoms with van der Waals surface area (Å²) in [6, 6.07) is 7.70. The predicted molar refractivity (Wildman–Crippen MR) is 123 cm³/mol. The van der Waals surface area contributed by atoms with Crippen molar-refractivity contribution < 1.29 is 33.3 Å². The summed E-state index contributed by atoms with van der Waals surface area (Å²) in [4.78, 5) is 36.7. The number of urea groups is 1. The first-order chi connectivity index (χ1) is 15.8. The minimum Gasteiger partial charge on any atom is -0.490 e. The average Bonchev–Trinajstić information content (AvgIpc) is 2.76. The minimum atomic E-state index is -0.773. The van der Waals surface area contributed by atoms with Gasteiger partial charge in [-0.3, -0.25) is 10.1 Å². The van der Waals surface area contributed by atoms with Gasteiger partial charge in [-0.15, -0.1) is 0 Å². The SMILES string of the molecule is CCOc1cc(C(=O)OCC(=O)NC(=O)Nc2ccc(C)cc2C)cc(OCC)c1OCC. The Balaban J connectivity index is 2.02. The number of esters is 1. The molecule has 0 aliphatic rings. The van der Waals surface area contributed by atoms with Crippen LogP contribution in [0.1, 0.15) is 42.3 Å². The van der Waals surface area contributed by atoms with Gasteiger partial charge in [0.05, 0.1) is 25.4 Å². The lowest BCUT2D eigenvalue weighted by Gasteiger charge is -2.16. The highest BCUT2D eigenvalue weighted by Gasteiger charge is 2.20. The Bertz CT molecular complexity index is 977. The van der Waals surface area contributed by atoms with Gasteiger partial charge in [0.1, 0.15) is 0 Å². The van der Waals surface area contributed by atoms with Crippen LogP contribution in [-0.2, 0) is 9.53 Å². The third-order valence-corrected chi connectivity index (χ3v) is 4.36. The van der Waals surface area contributed by atoms with Crippen LogP contribution in [0.2, 0.25) is 0 Å². The molecule has 2 aromatic carbocycles. The van der Waals surface area contributed by atoms with E-state index in [1.807, 2.05) is 32.9 Å². The van der Waals surface area contributed by atoms with Gasteiger partial charge in [0.2, 0.25) is 5.75 Å². The predicted octanol–water partition coefficient (Wildman–Crippen LogP) is 4.00. The van der Waals surface area contributed by atoms with Gasteiger partial charge in [-0.2, -0.15) is 0 Å². The lowest BCUT2D eigenvalue weighted by atomic mass is 10.1. The molecule has 0 bridgehead atoms. The molecule has 9 nitrogen and oxygen atoms in total. The van der Waals surface area contributed by atoms with Crippen LogP contribution >= 0.6 is 0 Å². The molecule has 0 heterocycles. The number of ether oxygens (including phenoxy) is 4. The number of nitrogens with one attached hydrogen (secondary N) is 2. The second kappa shape index (κ2) is 12.3. The van der Waals surface area contributed by atoms with Gasteiger partial charge in [0.15, 0.2) is 18.1 Å². The maximum absolute atomic E-state index is 12.5. The van der Waals surface area contributed by atoms with Crippen molar-refractivity contribution in [3.05, 3.63) is 47.0 Å². The zero-order valence-electron chi connectivity index (χ0n) is 19.6. The Hall–Kier alpha value is -3.75. The molecule has 0 fully saturated rings. The molecule has 0 saturated heterocycles. The van der Waals surface area contributed by atoms with Crippen LogP contribution in [0.4, 0.5) is 10.5 Å². The van der Waals surface area contributed by atoms with Crippen LogP contribution in [0.3, 0.4) is 0 Å². The maximum atomic E-state index is 12.5. The van der Waals surface area contributed by atoms with Crippen LogP contribution in [0, 0.1) is 13.8 Å². The number of amides is 3. The van der Waals surface area contributed by atoms with Crippen molar-refractivity contribution in [3.63, 3.8) is 0 Å². The second-order valence-electron chi connectivity index (χ2n) is 7.00. The van der Waals surface area contributed by atoms with Crippen molar-refractivity contribution in [1.29, 1.82) is 0 Å². The number of hydrogen-bond donors (Lipinski definition) is 2. The summed E-state index contributed by atoms with van der Waals surface area (Å²) >= 11 is 0. The van der Waals surface area contributed by atoms with Crippen LogP contribution in [0.5, 0.6) is 17.2 Å². The van der Waals surface area contributed by atoms with Crippen LogP contribution < -0.4 is 24.8 Å². The molecule has 9 heteroatoms. The van der Waals surface area contributed by atoms with Gasteiger partial charge < -0.3 is 24.3 Å². The van der Waals surface area contributed by atoms with Crippen molar-refractivity contribution in [1.82, 2.24) is 5.32 Å². The smallest absolute Gasteiger partial charge is 0.338 e. The monoisotopic (exact) mass is 458 g/mol. The molecule has 0 aromatic heterocycles. The van der Waals surface area contributed by atoms with Crippen molar-refractivity contribution in [2.45, 2.75) is 34.6 Å². The molecule has 2 rings (SSSR count). The zero-order valence-corrected chi connectivity index (χ0v) is 19.6. The fourth-order valence-electron chi connectivity index (χ4n) is 2.99. The largest absolute Gasteiger partial charge is 0.490 e. The summed E-state index contributed by atoms with van der Waals surface area (Å²) < 4.78 is 21.8. The molecule has 33 heavy (non-hydrogen) atoms. The molecule has 0 radical (unpaired) electrons. The number of carbonyl (C=O) groups excluding carboxylic acids is 3. The average molecular weight is 459 g/mol. The van der Waals surface area contributed by atoms with E-state index in [2.05, 4.69) is 10.6 Å². The number of imide groups is 1. The van der Waals surface area contributed by atoms with Gasteiger partial charge in [-0.05, 0) is 58.4 Å². The molecule has 3 amide bonds. The summed E-state index contributed by atoms with van der Waals surface area (Å²) in [6.07, 6.45) is 0. The summed E-state index contributed by atoms with van der Waals surface area (Å²) in [7, 11) is 0. The van der Waals surface area contributed by atoms with Crippen molar-refractivity contribution in [2.75, 3.05) is 31.7 Å². The first-order valence-electron chi connectivity index (χ1n) is 10.7. The third kappa shape index (κ3) is 7.41. The number of benzene rings is 2. The summed E-state index contributed by atoms with van der Waals surface area (Å²) in [5.74, 6) is -0.501. The van der Waals surface area contributed by atoms with E-state index in [0.717, 1.165) is 11.1 Å². The third-order valence-electron chi connectivity index (χ3n) is 4.36. The van der Waals surface area contributed by atoms with Gasteiger partial charge in [0.25, 0.3) is 5.91 Å². The molecule has 0 unspecified atom stereocenters. The highest BCUT2D eigenvalue weighted by molar-refractivity contribution is 6.02. The van der Waals surface area contributed by atoms with Gasteiger partial charge in [0, 0.05) is 5.69 Å². The molecular formula is C24H30N2O7. The van der Waals surface area contributed by atoms with Crippen molar-refractivity contribution in [3.8, 4) is 17.2 Å². The van der Waals surface area contributed by atoms with E-state index in [-0.39, 0.29) is 5.56 Å². The normalized spacial score (nSPS) is 10.2. The Morgan fingerprint density at radius 1 is 0.848 bits per heavy atom. The fourth-order valence-corrected chi connectivity index (χ4v) is 2.99. The van der Waals surface area contributed by atoms with E-state index in [0.29, 0.717) is 42.8 Å². The lowest BCUT2D eigenvalue weighted by Crippen LogP contribution is -2.37. The molecule has 2 aromatic rings. The summed E-state index contributed by atoms with van der Waals surface area (Å²) in [5, 5.41) is 4.72. The van der Waals surface area contributed by atoms with Crippen LogP contribution in [-0.4, -0.2) is 44.3 Å². The number of hydrogen-bond acceptors (Lipinski definition) is 7. The van der Waals surface area contributed by atoms with Gasteiger partial charge >= 0.3 is 12.0 Å². The molecule has 0 aliphatic heterocycles. The van der Waals surface area contributed by atoms with E-state index in [1.54, 1.807) is 19.9 Å². The molecule has 2 N–H and O–H groups in total. The standard InChI is InChI=1S/C24H30N2O7/c1-6-30-19-12-17(13-20(31-7-2)22(19)32-8-3)23(28)33-14-21(27)26-24(29)25-18-10-9-15(4)11-16(18)5/h9-13H,6-8,14H2,1-5H3,(H2,25,26,27,29). The van der Waals surface area contributed by atoms with Crippen LogP contribution in [0.15, 0.2) is 30.3 Å². The molecule has 0 spiro atoms. The molecule has 0 aliphatic carbocycles. The zero-order chi connectivity index (χ0) is 24.4. The fraction of sp³-hybridized carbons (Fsp3) is 0.375. The Kier molecular flexibility index (Phi) is 9.53. The molecule has 178 valence electrons. The first kappa shape index (κ1) is 25.5. The minimum absolute atomic E-state index is 0.123. The Morgan fingerprint density at radius 2 is 1.45 bits per heavy atom. The number of aryl methyl sites for hydroxylation is 2. The van der Waals surface area contributed by atoms with E-state index < -0.39 is 24.5 Å². The Labute approximate surface area is 193 Å². The molecule has 0 saturated carbocycles. The van der Waals surface area contributed by atoms with Crippen molar-refractivity contribution in [2.24, 2.45) is 0 Å². The Morgan fingerprint density at radius 3 is 2.00 bits per heavy atom. The van der Waals surface area contributed by atoms with Crippen molar-refractivity contribution >= 4 is 23.6 Å². The van der Waals surface area contributed by atoms with Gasteiger partial charge in [-0.1, -0.05) is 17.7 Å². The molecule has 0 atom stereocenters. The quantitative estimate of drug-likeness (QED) is 0.518. The summed E-state index contributed by atoms with van der Waals surface area (Å²) in [6.45, 7) is 9.65. The topological polar surface area (TPSA) is 112 Å². The van der Waals surface area contributed by atoms with E-state index in [4.69, 9.17) is 18.9 Å². The molecular weight excluding hydrogens is 428 g/mol. The van der Waals surface area contributed by atoms with Gasteiger partial charge in [-0.25, -0.2) is 9.59 Å². The lowest BCUT2D eigenvalue weighted by molar-refractivity contribution is -0.123. The number of rotatable bonds is 10. The number of anilines is 1. The van der Waals surface area contributed by atoms with E-state index >= 15 is 0 Å². The van der Waals surface area contributed by atoms with E-state index in [1.165, 1.54) is 12.1 Å². The van der Waals surface area contributed by atoms with E-state index in [9.17, 15) is 14.4 Å².